The molecule has 0 amide bonds. The Balaban J connectivity index is 1.75. The first-order valence-corrected chi connectivity index (χ1v) is 9.32. The second-order valence-electron chi connectivity index (χ2n) is 5.80. The number of imidazole rings is 1. The largest absolute Gasteiger partial charge is 0.291 e. The van der Waals surface area contributed by atoms with Crippen molar-refractivity contribution in [2.75, 3.05) is 6.54 Å². The van der Waals surface area contributed by atoms with Gasteiger partial charge in [-0.15, -0.1) is 0 Å². The van der Waals surface area contributed by atoms with Crippen LogP contribution >= 0.6 is 0 Å². The first-order valence-electron chi connectivity index (χ1n) is 7.88. The molecule has 8 heteroatoms. The highest BCUT2D eigenvalue weighted by Gasteiger charge is 2.35. The summed E-state index contributed by atoms with van der Waals surface area (Å²) in [5.74, 6) is 0.580. The van der Waals surface area contributed by atoms with Gasteiger partial charge in [-0.3, -0.25) is 9.38 Å². The molecule has 124 valence electrons. The van der Waals surface area contributed by atoms with Crippen LogP contribution in [-0.2, 0) is 10.0 Å². The van der Waals surface area contributed by atoms with Crippen LogP contribution in [0.2, 0.25) is 0 Å². The van der Waals surface area contributed by atoms with E-state index in [-0.39, 0.29) is 10.9 Å². The molecule has 0 radical (unpaired) electrons. The number of nitrogens with zero attached hydrogens (tertiary/aromatic N) is 5. The fourth-order valence-electron chi connectivity index (χ4n) is 3.13. The number of fused-ring (bicyclic) bond motifs is 1. The van der Waals surface area contributed by atoms with Gasteiger partial charge in [-0.25, -0.2) is 18.4 Å². The lowest BCUT2D eigenvalue weighted by atomic mass is 10.0. The summed E-state index contributed by atoms with van der Waals surface area (Å²) in [6.07, 6.45) is 10.9. The molecule has 1 atom stereocenters. The predicted octanol–water partition coefficient (Wildman–Crippen LogP) is 2.04. The van der Waals surface area contributed by atoms with Crippen molar-refractivity contribution in [3.63, 3.8) is 0 Å². The van der Waals surface area contributed by atoms with Crippen LogP contribution in [0.3, 0.4) is 0 Å². The second-order valence-corrected chi connectivity index (χ2v) is 7.69. The standard InChI is InChI=1S/C16H17N5O2S/c22-24(23,13-4-3-7-17-12-13)21-9-2-1-5-15(21)14-6-10-20-11-8-18-16(20)19-14/h3-4,6-8,10-12,15H,1-2,5,9H2. The predicted molar refractivity (Wildman–Crippen MR) is 87.7 cm³/mol. The number of rotatable bonds is 3. The van der Waals surface area contributed by atoms with Crippen LogP contribution < -0.4 is 0 Å². The molecule has 0 N–H and O–H groups in total. The monoisotopic (exact) mass is 343 g/mol. The molecule has 1 aliphatic rings. The third kappa shape index (κ3) is 2.57. The van der Waals surface area contributed by atoms with Crippen molar-refractivity contribution in [1.29, 1.82) is 0 Å². The number of hydrogen-bond acceptors (Lipinski definition) is 5. The lowest BCUT2D eigenvalue weighted by Crippen LogP contribution is -2.38. The van der Waals surface area contributed by atoms with Gasteiger partial charge in [0.15, 0.2) is 0 Å². The van der Waals surface area contributed by atoms with Crippen molar-refractivity contribution in [1.82, 2.24) is 23.7 Å². The fraction of sp³-hybridized carbons (Fsp3) is 0.312. The summed E-state index contributed by atoms with van der Waals surface area (Å²) in [4.78, 5) is 12.9. The van der Waals surface area contributed by atoms with Crippen molar-refractivity contribution < 1.29 is 8.42 Å². The Hall–Kier alpha value is -2.32. The molecule has 0 bridgehead atoms. The first-order chi connectivity index (χ1) is 11.7. The third-order valence-electron chi connectivity index (χ3n) is 4.32. The number of piperidine rings is 1. The van der Waals surface area contributed by atoms with E-state index < -0.39 is 10.0 Å². The third-order valence-corrected chi connectivity index (χ3v) is 6.21. The van der Waals surface area contributed by atoms with Crippen LogP contribution in [0, 0.1) is 0 Å². The summed E-state index contributed by atoms with van der Waals surface area (Å²) in [7, 11) is -3.60. The molecule has 1 fully saturated rings. The highest BCUT2D eigenvalue weighted by molar-refractivity contribution is 7.89. The number of pyridine rings is 1. The molecule has 0 spiro atoms. The molecule has 0 aliphatic carbocycles. The molecule has 1 unspecified atom stereocenters. The molecular weight excluding hydrogens is 326 g/mol. The van der Waals surface area contributed by atoms with E-state index in [1.54, 1.807) is 28.8 Å². The van der Waals surface area contributed by atoms with Crippen molar-refractivity contribution in [3.05, 3.63) is 54.9 Å². The van der Waals surface area contributed by atoms with Crippen LogP contribution in [0.1, 0.15) is 31.0 Å². The van der Waals surface area contributed by atoms with E-state index in [1.807, 2.05) is 22.9 Å². The van der Waals surface area contributed by atoms with E-state index in [0.717, 1.165) is 25.0 Å². The zero-order valence-electron chi connectivity index (χ0n) is 13.0. The Morgan fingerprint density at radius 2 is 2.04 bits per heavy atom. The van der Waals surface area contributed by atoms with Gasteiger partial charge in [-0.05, 0) is 31.0 Å². The van der Waals surface area contributed by atoms with Crippen LogP contribution in [0.4, 0.5) is 0 Å². The number of sulfonamides is 1. The Bertz CT molecular complexity index is 955. The molecule has 1 saturated heterocycles. The van der Waals surface area contributed by atoms with E-state index in [4.69, 9.17) is 0 Å². The maximum atomic E-state index is 13.0. The maximum absolute atomic E-state index is 13.0. The number of aromatic nitrogens is 4. The van der Waals surface area contributed by atoms with Gasteiger partial charge in [0.05, 0.1) is 11.7 Å². The summed E-state index contributed by atoms with van der Waals surface area (Å²) in [6, 6.07) is 4.82. The van der Waals surface area contributed by atoms with E-state index in [1.165, 1.54) is 6.20 Å². The Labute approximate surface area is 140 Å². The van der Waals surface area contributed by atoms with Crippen LogP contribution in [-0.4, -0.2) is 38.6 Å². The van der Waals surface area contributed by atoms with Gasteiger partial charge in [0.25, 0.3) is 0 Å². The van der Waals surface area contributed by atoms with Gasteiger partial charge >= 0.3 is 0 Å². The average molecular weight is 343 g/mol. The minimum Gasteiger partial charge on any atom is -0.291 e. The van der Waals surface area contributed by atoms with Gasteiger partial charge in [0.2, 0.25) is 15.8 Å². The molecular formula is C16H17N5O2S. The summed E-state index contributed by atoms with van der Waals surface area (Å²) < 4.78 is 29.4. The molecule has 0 saturated carbocycles. The molecule has 1 aliphatic heterocycles. The highest BCUT2D eigenvalue weighted by atomic mass is 32.2. The Kier molecular flexibility index (Phi) is 3.78. The molecule has 24 heavy (non-hydrogen) atoms. The zero-order chi connectivity index (χ0) is 16.6. The summed E-state index contributed by atoms with van der Waals surface area (Å²) in [5.41, 5.74) is 0.737. The van der Waals surface area contributed by atoms with E-state index in [0.29, 0.717) is 12.3 Å². The molecule has 3 aromatic heterocycles. The van der Waals surface area contributed by atoms with Gasteiger partial charge in [-0.2, -0.15) is 4.31 Å². The van der Waals surface area contributed by atoms with Gasteiger partial charge in [0, 0.05) is 37.5 Å². The topological polar surface area (TPSA) is 80.5 Å². The van der Waals surface area contributed by atoms with Gasteiger partial charge in [0.1, 0.15) is 4.90 Å². The molecule has 3 aromatic rings. The smallest absolute Gasteiger partial charge is 0.245 e. The van der Waals surface area contributed by atoms with Crippen molar-refractivity contribution >= 4 is 15.8 Å². The first kappa shape index (κ1) is 15.2. The number of hydrogen-bond donors (Lipinski definition) is 0. The van der Waals surface area contributed by atoms with Crippen LogP contribution in [0.15, 0.2) is 54.1 Å². The Morgan fingerprint density at radius 3 is 2.88 bits per heavy atom. The fourth-order valence-corrected chi connectivity index (χ4v) is 4.76. The molecule has 0 aromatic carbocycles. The minimum atomic E-state index is -3.60. The van der Waals surface area contributed by atoms with Crippen molar-refractivity contribution in [2.24, 2.45) is 0 Å². The average Bonchev–Trinajstić information content (AvgIpc) is 3.10. The Morgan fingerprint density at radius 1 is 1.12 bits per heavy atom. The summed E-state index contributed by atoms with van der Waals surface area (Å²) in [6.45, 7) is 0.489. The molecule has 4 heterocycles. The highest BCUT2D eigenvalue weighted by Crippen LogP contribution is 2.34. The SMILES string of the molecule is O=S(=O)(c1cccnc1)N1CCCCC1c1ccn2ccnc2n1. The van der Waals surface area contributed by atoms with Crippen LogP contribution in [0.25, 0.3) is 5.78 Å². The minimum absolute atomic E-state index is 0.221. The quantitative estimate of drug-likeness (QED) is 0.727. The lowest BCUT2D eigenvalue weighted by molar-refractivity contribution is 0.251. The van der Waals surface area contributed by atoms with Gasteiger partial charge in [-0.1, -0.05) is 6.42 Å². The summed E-state index contributed by atoms with van der Waals surface area (Å²) in [5, 5.41) is 0. The second kappa shape index (κ2) is 5.95. The van der Waals surface area contributed by atoms with Crippen LogP contribution in [0.5, 0.6) is 0 Å². The van der Waals surface area contributed by atoms with E-state index in [2.05, 4.69) is 15.0 Å². The molecule has 7 nitrogen and oxygen atoms in total. The summed E-state index contributed by atoms with van der Waals surface area (Å²) >= 11 is 0. The lowest BCUT2D eigenvalue weighted by Gasteiger charge is -2.34. The molecule has 4 rings (SSSR count). The van der Waals surface area contributed by atoms with E-state index in [9.17, 15) is 8.42 Å². The van der Waals surface area contributed by atoms with Crippen molar-refractivity contribution in [3.8, 4) is 0 Å². The normalized spacial score (nSPS) is 19.6. The van der Waals surface area contributed by atoms with E-state index >= 15 is 0 Å². The zero-order valence-corrected chi connectivity index (χ0v) is 13.8. The van der Waals surface area contributed by atoms with Crippen molar-refractivity contribution in [2.45, 2.75) is 30.2 Å². The van der Waals surface area contributed by atoms with Gasteiger partial charge < -0.3 is 0 Å². The maximum Gasteiger partial charge on any atom is 0.245 e.